The van der Waals surface area contributed by atoms with Gasteiger partial charge in [0.05, 0.1) is 11.1 Å². The summed E-state index contributed by atoms with van der Waals surface area (Å²) in [6.45, 7) is 0.191. The topological polar surface area (TPSA) is 90.0 Å². The first-order valence-electron chi connectivity index (χ1n) is 5.25. The summed E-state index contributed by atoms with van der Waals surface area (Å²) in [5.41, 5.74) is 6.24. The van der Waals surface area contributed by atoms with E-state index in [2.05, 4.69) is 9.82 Å². The van der Waals surface area contributed by atoms with E-state index in [9.17, 15) is 8.42 Å². The van der Waals surface area contributed by atoms with Gasteiger partial charge < -0.3 is 5.73 Å². The summed E-state index contributed by atoms with van der Waals surface area (Å²) < 4.78 is 28.4. The molecule has 0 atom stereocenters. The molecule has 9 heteroatoms. The number of nitrogens with zero attached hydrogens (tertiary/aromatic N) is 2. The summed E-state index contributed by atoms with van der Waals surface area (Å²) in [5.74, 6) is 0. The smallest absolute Gasteiger partial charge is 0.250 e. The second-order valence-electron chi connectivity index (χ2n) is 3.83. The predicted octanol–water partition coefficient (Wildman–Crippen LogP) is 0.594. The van der Waals surface area contributed by atoms with Crippen molar-refractivity contribution in [3.63, 3.8) is 0 Å². The molecule has 0 aromatic carbocycles. The first-order chi connectivity index (χ1) is 8.88. The molecular weight excluding hydrogens is 304 g/mol. The third-order valence-corrected chi connectivity index (χ3v) is 5.67. The largest absolute Gasteiger partial charge is 0.389 e. The maximum Gasteiger partial charge on any atom is 0.250 e. The molecule has 0 saturated heterocycles. The average Bonchev–Trinajstić information content (AvgIpc) is 2.95. The van der Waals surface area contributed by atoms with Crippen molar-refractivity contribution in [1.82, 2.24) is 14.5 Å². The fourth-order valence-electron chi connectivity index (χ4n) is 1.41. The number of sulfonamides is 1. The molecule has 0 aliphatic carbocycles. The monoisotopic (exact) mass is 316 g/mol. The maximum atomic E-state index is 12.0. The molecule has 2 aromatic rings. The van der Waals surface area contributed by atoms with Crippen molar-refractivity contribution >= 4 is 38.6 Å². The van der Waals surface area contributed by atoms with Gasteiger partial charge in [-0.25, -0.2) is 13.1 Å². The van der Waals surface area contributed by atoms with Crippen LogP contribution in [0.25, 0.3) is 0 Å². The Labute approximate surface area is 120 Å². The number of hydrogen-bond acceptors (Lipinski definition) is 5. The van der Waals surface area contributed by atoms with Gasteiger partial charge in [-0.05, 0) is 12.1 Å². The zero-order chi connectivity index (χ0) is 14.0. The molecule has 0 saturated carbocycles. The van der Waals surface area contributed by atoms with E-state index in [1.165, 1.54) is 6.07 Å². The Morgan fingerprint density at radius 2 is 2.32 bits per heavy atom. The van der Waals surface area contributed by atoms with Crippen LogP contribution in [0.4, 0.5) is 0 Å². The SMILES string of the molecule is Cn1cc(CNS(=O)(=O)c2ccc(C(N)=S)s2)cn1. The molecule has 2 rings (SSSR count). The summed E-state index contributed by atoms with van der Waals surface area (Å²) in [4.78, 5) is 0.774. The van der Waals surface area contributed by atoms with Gasteiger partial charge in [-0.1, -0.05) is 12.2 Å². The highest BCUT2D eigenvalue weighted by atomic mass is 32.2. The van der Waals surface area contributed by atoms with Gasteiger partial charge in [-0.3, -0.25) is 4.68 Å². The molecule has 2 heterocycles. The minimum absolute atomic E-state index is 0.191. The lowest BCUT2D eigenvalue weighted by Gasteiger charge is -2.02. The Hall–Kier alpha value is -1.29. The van der Waals surface area contributed by atoms with Gasteiger partial charge in [-0.2, -0.15) is 5.10 Å². The van der Waals surface area contributed by atoms with Crippen LogP contribution in [0.3, 0.4) is 0 Å². The highest BCUT2D eigenvalue weighted by Gasteiger charge is 2.17. The highest BCUT2D eigenvalue weighted by molar-refractivity contribution is 7.91. The van der Waals surface area contributed by atoms with Crippen molar-refractivity contribution in [3.8, 4) is 0 Å². The number of nitrogens with one attached hydrogen (secondary N) is 1. The van der Waals surface area contributed by atoms with E-state index in [1.807, 2.05) is 0 Å². The van der Waals surface area contributed by atoms with E-state index in [0.29, 0.717) is 4.88 Å². The lowest BCUT2D eigenvalue weighted by atomic mass is 10.4. The Kier molecular flexibility index (Phi) is 3.99. The third-order valence-electron chi connectivity index (χ3n) is 2.31. The van der Waals surface area contributed by atoms with Crippen LogP contribution in [-0.2, 0) is 23.6 Å². The van der Waals surface area contributed by atoms with Gasteiger partial charge in [0.15, 0.2) is 0 Å². The van der Waals surface area contributed by atoms with Crippen LogP contribution >= 0.6 is 23.6 Å². The first kappa shape index (κ1) is 14.1. The van der Waals surface area contributed by atoms with Crippen LogP contribution in [0.5, 0.6) is 0 Å². The predicted molar refractivity (Wildman–Crippen MR) is 77.4 cm³/mol. The number of aromatic nitrogens is 2. The van der Waals surface area contributed by atoms with Crippen LogP contribution in [0.2, 0.25) is 0 Å². The van der Waals surface area contributed by atoms with E-state index in [0.717, 1.165) is 16.9 Å². The standard InChI is InChI=1S/C10H12N4O2S3/c1-14-6-7(4-12-14)5-13-19(15,16)9-3-2-8(18-9)10(11)17/h2-4,6,13H,5H2,1H3,(H2,11,17). The number of nitrogens with two attached hydrogens (primary N) is 1. The van der Waals surface area contributed by atoms with Gasteiger partial charge in [0.1, 0.15) is 9.20 Å². The van der Waals surface area contributed by atoms with Crippen molar-refractivity contribution in [3.05, 3.63) is 35.0 Å². The molecule has 0 bridgehead atoms. The van der Waals surface area contributed by atoms with Crippen molar-refractivity contribution in [1.29, 1.82) is 0 Å². The van der Waals surface area contributed by atoms with Crippen LogP contribution in [0, 0.1) is 0 Å². The molecular formula is C10H12N4O2S3. The van der Waals surface area contributed by atoms with Crippen LogP contribution in [-0.4, -0.2) is 23.2 Å². The Morgan fingerprint density at radius 3 is 2.84 bits per heavy atom. The summed E-state index contributed by atoms with van der Waals surface area (Å²) in [7, 11) is -1.78. The second-order valence-corrected chi connectivity index (χ2v) is 7.35. The van der Waals surface area contributed by atoms with Crippen molar-refractivity contribution in [2.75, 3.05) is 0 Å². The number of thiophene rings is 1. The molecule has 0 aliphatic heterocycles. The fourth-order valence-corrected chi connectivity index (χ4v) is 3.82. The Morgan fingerprint density at radius 1 is 1.58 bits per heavy atom. The van der Waals surface area contributed by atoms with E-state index >= 15 is 0 Å². The van der Waals surface area contributed by atoms with Gasteiger partial charge in [-0.15, -0.1) is 11.3 Å². The molecule has 6 nitrogen and oxygen atoms in total. The zero-order valence-electron chi connectivity index (χ0n) is 10.0. The van der Waals surface area contributed by atoms with Gasteiger partial charge >= 0.3 is 0 Å². The fraction of sp³-hybridized carbons (Fsp3) is 0.200. The van der Waals surface area contributed by atoms with Gasteiger partial charge in [0.25, 0.3) is 0 Å². The summed E-state index contributed by atoms with van der Waals surface area (Å²) in [6.07, 6.45) is 3.36. The molecule has 3 N–H and O–H groups in total. The number of thiocarbonyl (C=S) groups is 1. The molecule has 0 fully saturated rings. The minimum atomic E-state index is -3.55. The zero-order valence-corrected chi connectivity index (χ0v) is 12.5. The van der Waals surface area contributed by atoms with E-state index in [1.54, 1.807) is 30.2 Å². The molecule has 0 amide bonds. The summed E-state index contributed by atoms with van der Waals surface area (Å²) >= 11 is 5.85. The molecule has 0 aliphatic rings. The lowest BCUT2D eigenvalue weighted by molar-refractivity contribution is 0.583. The molecule has 0 unspecified atom stereocenters. The van der Waals surface area contributed by atoms with Gasteiger partial charge in [0, 0.05) is 25.4 Å². The normalized spacial score (nSPS) is 11.6. The Bertz CT molecular complexity index is 702. The Balaban J connectivity index is 2.11. The van der Waals surface area contributed by atoms with Crippen molar-refractivity contribution in [2.24, 2.45) is 12.8 Å². The van der Waals surface area contributed by atoms with Crippen molar-refractivity contribution in [2.45, 2.75) is 10.8 Å². The van der Waals surface area contributed by atoms with E-state index in [4.69, 9.17) is 18.0 Å². The number of aryl methyl sites for hydroxylation is 1. The molecule has 102 valence electrons. The summed E-state index contributed by atoms with van der Waals surface area (Å²) in [5, 5.41) is 3.97. The lowest BCUT2D eigenvalue weighted by Crippen LogP contribution is -2.22. The highest BCUT2D eigenvalue weighted by Crippen LogP contribution is 2.21. The van der Waals surface area contributed by atoms with Crippen molar-refractivity contribution < 1.29 is 8.42 Å². The second kappa shape index (κ2) is 5.37. The van der Waals surface area contributed by atoms with Crippen LogP contribution in [0.15, 0.2) is 28.7 Å². The van der Waals surface area contributed by atoms with Crippen LogP contribution in [0.1, 0.15) is 10.4 Å². The first-order valence-corrected chi connectivity index (χ1v) is 7.96. The third kappa shape index (κ3) is 3.38. The summed E-state index contributed by atoms with van der Waals surface area (Å²) in [6, 6.07) is 3.09. The molecule has 0 radical (unpaired) electrons. The van der Waals surface area contributed by atoms with E-state index in [-0.39, 0.29) is 15.7 Å². The maximum absolute atomic E-state index is 12.0. The quantitative estimate of drug-likeness (QED) is 0.788. The average molecular weight is 316 g/mol. The number of hydrogen-bond donors (Lipinski definition) is 2. The number of rotatable bonds is 5. The van der Waals surface area contributed by atoms with E-state index < -0.39 is 10.0 Å². The minimum Gasteiger partial charge on any atom is -0.389 e. The molecule has 2 aromatic heterocycles. The molecule has 0 spiro atoms. The van der Waals surface area contributed by atoms with Gasteiger partial charge in [0.2, 0.25) is 10.0 Å². The van der Waals surface area contributed by atoms with Crippen LogP contribution < -0.4 is 10.5 Å². The molecule has 19 heavy (non-hydrogen) atoms.